The molecule has 1 spiro atoms. The number of anilines is 3. The van der Waals surface area contributed by atoms with Gasteiger partial charge in [0.25, 0.3) is 0 Å². The first-order chi connectivity index (χ1) is 39.3. The van der Waals surface area contributed by atoms with E-state index >= 15 is 0 Å². The zero-order valence-corrected chi connectivity index (χ0v) is 34.9. The maximum atomic E-state index is 10.2. The molecule has 0 aliphatic heterocycles. The molecule has 11 aromatic carbocycles. The summed E-state index contributed by atoms with van der Waals surface area (Å²) < 4.78 is 159. The van der Waals surface area contributed by atoms with Crippen molar-refractivity contribution in [1.29, 1.82) is 0 Å². The van der Waals surface area contributed by atoms with Crippen LogP contribution in [0.25, 0.3) is 86.2 Å². The fourth-order valence-electron chi connectivity index (χ4n) is 10.3. The fraction of sp³-hybridized carbons (Fsp3) is 0.0159. The summed E-state index contributed by atoms with van der Waals surface area (Å²) in [7, 11) is 0. The molecule has 0 bridgehead atoms. The van der Waals surface area contributed by atoms with Crippen LogP contribution in [-0.2, 0) is 5.41 Å². The van der Waals surface area contributed by atoms with E-state index in [4.69, 9.17) is 9.60 Å². The lowest BCUT2D eigenvalue weighted by molar-refractivity contribution is 0.793. The molecular weight excluding hydrogens is 803 g/mol. The largest absolute Gasteiger partial charge is 0.310 e. The Bertz CT molecular complexity index is 4840. The summed E-state index contributed by atoms with van der Waals surface area (Å²) in [6.45, 7) is 0. The summed E-state index contributed by atoms with van der Waals surface area (Å²) in [6, 6.07) is 32.7. The molecule has 65 heavy (non-hydrogen) atoms. The van der Waals surface area contributed by atoms with Crippen molar-refractivity contribution in [2.45, 2.75) is 5.41 Å². The van der Waals surface area contributed by atoms with E-state index in [0.29, 0.717) is 11.4 Å². The minimum absolute atomic E-state index is 0.0539. The maximum absolute atomic E-state index is 10.2. The zero-order chi connectivity index (χ0) is 57.4. The highest BCUT2D eigenvalue weighted by Gasteiger charge is 2.51. The summed E-state index contributed by atoms with van der Waals surface area (Å²) in [6.07, 6.45) is 0. The molecule has 302 valence electrons. The molecule has 0 fully saturated rings. The molecule has 1 aromatic heterocycles. The number of hydrogen-bond donors (Lipinski definition) is 0. The first-order valence-corrected chi connectivity index (χ1v) is 21.9. The second-order valence-corrected chi connectivity index (χ2v) is 17.2. The highest BCUT2D eigenvalue weighted by molar-refractivity contribution is 7.26. The second-order valence-electron chi connectivity index (χ2n) is 16.2. The van der Waals surface area contributed by atoms with E-state index in [9.17, 15) is 13.7 Å². The van der Waals surface area contributed by atoms with E-state index in [1.165, 1.54) is 0 Å². The molecule has 0 atom stereocenters. The summed E-state index contributed by atoms with van der Waals surface area (Å²) in [5.41, 5.74) is 6.31. The first-order valence-electron chi connectivity index (χ1n) is 29.6. The molecule has 0 saturated heterocycles. The standard InChI is InChI=1S/C63H39NS/c1-2-16-43-38-45(34-28-40(43)14-1)64(46-35-37-52-51-20-7-11-26-58(51)63(59(52)39-46)56-24-9-5-18-49(56)50-19-6-10-25-57(50)63)44-32-29-42(30-33-44)48-36-31-41-15-3-4-17-47(41)61(48)55-23-13-22-54-53-21-8-12-27-60(53)65-62(54)55/h1-39H/i3D,4D,8D,12D,13D,15D,17D,21D,22D,23D,27D,29D,30D,31D,32D,33D,36D. The SMILES string of the molecule is [2H]c1c([2H])c(N(c2ccc3c(c2)C2(c4ccccc4-c4ccccc42)c2ccccc2-3)c2ccc3ccccc3c2)c([2H])c([2H])c1-c1c([2H])c([2H])c2c([2H])c([2H])c([2H])c([2H])c2c1-c1c([2H])c([2H])c([2H])c2c1sc1c([2H])c([2H])c([2H])c([2H])c12. The van der Waals surface area contributed by atoms with Gasteiger partial charge in [-0.1, -0.05) is 194 Å². The Labute approximate surface area is 405 Å². The summed E-state index contributed by atoms with van der Waals surface area (Å²) in [5.74, 6) is 0. The molecule has 0 unspecified atom stereocenters. The predicted octanol–water partition coefficient (Wildman–Crippen LogP) is 17.5. The van der Waals surface area contributed by atoms with Crippen LogP contribution in [-0.4, -0.2) is 0 Å². The highest BCUT2D eigenvalue weighted by atomic mass is 32.1. The molecule has 0 amide bonds. The normalized spacial score (nSPS) is 16.7. The van der Waals surface area contributed by atoms with Gasteiger partial charge in [0.15, 0.2) is 0 Å². The Morgan fingerprint density at radius 3 is 1.72 bits per heavy atom. The van der Waals surface area contributed by atoms with E-state index in [0.717, 1.165) is 66.6 Å². The highest BCUT2D eigenvalue weighted by Crippen LogP contribution is 2.63. The number of thiophene rings is 1. The number of hydrogen-bond acceptors (Lipinski definition) is 2. The molecule has 0 saturated carbocycles. The van der Waals surface area contributed by atoms with Crippen LogP contribution in [0.5, 0.6) is 0 Å². The van der Waals surface area contributed by atoms with E-state index in [2.05, 4.69) is 36.4 Å². The van der Waals surface area contributed by atoms with Gasteiger partial charge in [-0.3, -0.25) is 0 Å². The van der Waals surface area contributed by atoms with Crippen LogP contribution in [0.1, 0.15) is 45.6 Å². The summed E-state index contributed by atoms with van der Waals surface area (Å²) in [4.78, 5) is 1.68. The third-order valence-corrected chi connectivity index (χ3v) is 14.1. The van der Waals surface area contributed by atoms with Gasteiger partial charge in [0.05, 0.1) is 28.7 Å². The van der Waals surface area contributed by atoms with E-state index in [1.807, 2.05) is 97.1 Å². The van der Waals surface area contributed by atoms with Crippen molar-refractivity contribution in [3.05, 3.63) is 258 Å². The Morgan fingerprint density at radius 1 is 0.369 bits per heavy atom. The van der Waals surface area contributed by atoms with Crippen molar-refractivity contribution in [2.75, 3.05) is 4.90 Å². The van der Waals surface area contributed by atoms with Crippen molar-refractivity contribution in [2.24, 2.45) is 0 Å². The van der Waals surface area contributed by atoms with Gasteiger partial charge >= 0.3 is 0 Å². The average molecular weight is 859 g/mol. The number of fused-ring (bicyclic) bond motifs is 15. The van der Waals surface area contributed by atoms with E-state index < -0.39 is 136 Å². The Kier molecular flexibility index (Phi) is 5.07. The number of benzene rings is 11. The number of nitrogens with zero attached hydrogens (tertiary/aromatic N) is 1. The third kappa shape index (κ3) is 5.20. The van der Waals surface area contributed by atoms with E-state index in [1.54, 1.807) is 4.90 Å². The molecule has 14 rings (SSSR count). The maximum Gasteiger partial charge on any atom is 0.0726 e. The minimum atomic E-state index is -0.811. The van der Waals surface area contributed by atoms with Gasteiger partial charge in [0.1, 0.15) is 0 Å². The summed E-state index contributed by atoms with van der Waals surface area (Å²) in [5, 5.41) is 0.446. The van der Waals surface area contributed by atoms with Crippen molar-refractivity contribution in [1.82, 2.24) is 0 Å². The Hall–Kier alpha value is -8.04. The molecular formula is C63H39NS. The van der Waals surface area contributed by atoms with Crippen molar-refractivity contribution in [3.8, 4) is 44.5 Å². The van der Waals surface area contributed by atoms with Crippen molar-refractivity contribution < 1.29 is 23.3 Å². The quantitative estimate of drug-likeness (QED) is 0.167. The van der Waals surface area contributed by atoms with Gasteiger partial charge in [-0.2, -0.15) is 0 Å². The molecule has 1 nitrogen and oxygen atoms in total. The predicted molar refractivity (Wildman–Crippen MR) is 276 cm³/mol. The van der Waals surface area contributed by atoms with Crippen LogP contribution in [0.15, 0.2) is 236 Å². The Morgan fingerprint density at radius 2 is 0.969 bits per heavy atom. The van der Waals surface area contributed by atoms with E-state index in [-0.39, 0.29) is 31.4 Å². The van der Waals surface area contributed by atoms with Crippen LogP contribution in [0.2, 0.25) is 0 Å². The van der Waals surface area contributed by atoms with Crippen molar-refractivity contribution >= 4 is 70.1 Å². The van der Waals surface area contributed by atoms with Gasteiger partial charge in [0.2, 0.25) is 0 Å². The average Bonchev–Trinajstić information content (AvgIpc) is 1.84. The minimum Gasteiger partial charge on any atom is -0.310 e. The molecule has 2 aliphatic rings. The lowest BCUT2D eigenvalue weighted by atomic mass is 9.70. The Balaban J connectivity index is 1.09. The smallest absolute Gasteiger partial charge is 0.0726 e. The van der Waals surface area contributed by atoms with Crippen LogP contribution in [0.3, 0.4) is 0 Å². The lowest BCUT2D eigenvalue weighted by Crippen LogP contribution is -2.26. The lowest BCUT2D eigenvalue weighted by Gasteiger charge is -2.32. The molecule has 12 aromatic rings. The topological polar surface area (TPSA) is 3.24 Å². The van der Waals surface area contributed by atoms with Gasteiger partial charge in [-0.05, 0) is 125 Å². The zero-order valence-electron chi connectivity index (χ0n) is 51.1. The molecule has 1 heterocycles. The van der Waals surface area contributed by atoms with Crippen LogP contribution >= 0.6 is 11.3 Å². The first kappa shape index (κ1) is 23.6. The van der Waals surface area contributed by atoms with Gasteiger partial charge in [-0.15, -0.1) is 11.3 Å². The fourth-order valence-corrected chi connectivity index (χ4v) is 11.4. The van der Waals surface area contributed by atoms with Gasteiger partial charge < -0.3 is 4.90 Å². The van der Waals surface area contributed by atoms with Crippen LogP contribution in [0, 0.1) is 0 Å². The van der Waals surface area contributed by atoms with Crippen LogP contribution < -0.4 is 4.90 Å². The molecule has 2 heteroatoms. The molecule has 2 aliphatic carbocycles. The summed E-state index contributed by atoms with van der Waals surface area (Å²) >= 11 is 0.736. The van der Waals surface area contributed by atoms with Crippen LogP contribution in [0.4, 0.5) is 17.1 Å². The second kappa shape index (κ2) is 14.0. The van der Waals surface area contributed by atoms with Gasteiger partial charge in [0, 0.05) is 42.8 Å². The third-order valence-electron chi connectivity index (χ3n) is 13.0. The molecule has 0 radical (unpaired) electrons. The molecule has 0 N–H and O–H groups in total. The number of rotatable bonds is 5. The monoisotopic (exact) mass is 858 g/mol. The van der Waals surface area contributed by atoms with Crippen molar-refractivity contribution in [3.63, 3.8) is 0 Å². The van der Waals surface area contributed by atoms with Gasteiger partial charge in [-0.25, -0.2) is 0 Å².